The summed E-state index contributed by atoms with van der Waals surface area (Å²) in [6, 6.07) is 5.31. The molecule has 4 nitrogen and oxygen atoms in total. The second-order valence-corrected chi connectivity index (χ2v) is 4.09. The minimum absolute atomic E-state index is 0.178. The number of hydrogen-bond donors (Lipinski definition) is 1. The molecule has 17 heavy (non-hydrogen) atoms. The molecule has 0 spiro atoms. The summed E-state index contributed by atoms with van der Waals surface area (Å²) in [5.74, 6) is -0.380. The second kappa shape index (κ2) is 6.25. The molecule has 1 atom stereocenters. The van der Waals surface area contributed by atoms with Gasteiger partial charge in [-0.25, -0.2) is 4.79 Å². The van der Waals surface area contributed by atoms with Crippen LogP contribution in [0.2, 0.25) is 0 Å². The van der Waals surface area contributed by atoms with E-state index in [4.69, 9.17) is 15.2 Å². The minimum atomic E-state index is -0.380. The normalized spacial score (nSPS) is 12.2. The maximum atomic E-state index is 11.8. The first kappa shape index (κ1) is 13.5. The van der Waals surface area contributed by atoms with Gasteiger partial charge in [0.15, 0.2) is 0 Å². The topological polar surface area (TPSA) is 61.5 Å². The van der Waals surface area contributed by atoms with E-state index >= 15 is 0 Å². The molecular weight excluding hydrogens is 218 g/mol. The zero-order valence-corrected chi connectivity index (χ0v) is 10.5. The molecule has 0 aromatic heterocycles. The van der Waals surface area contributed by atoms with Gasteiger partial charge in [-0.05, 0) is 26.0 Å². The van der Waals surface area contributed by atoms with E-state index < -0.39 is 0 Å². The van der Waals surface area contributed by atoms with Crippen molar-refractivity contribution in [3.8, 4) is 0 Å². The Morgan fingerprint density at radius 3 is 2.82 bits per heavy atom. The number of carbonyl (C=O) groups is 1. The van der Waals surface area contributed by atoms with Crippen LogP contribution >= 0.6 is 0 Å². The first-order valence-electron chi connectivity index (χ1n) is 5.60. The predicted molar refractivity (Wildman–Crippen MR) is 67.0 cm³/mol. The SMILES string of the molecule is COCCC(C)OC(=O)c1cc(C)ccc1N. The van der Waals surface area contributed by atoms with Crippen LogP contribution in [-0.2, 0) is 9.47 Å². The van der Waals surface area contributed by atoms with Crippen LogP contribution < -0.4 is 5.73 Å². The average Bonchev–Trinajstić information content (AvgIpc) is 2.29. The second-order valence-electron chi connectivity index (χ2n) is 4.09. The van der Waals surface area contributed by atoms with E-state index in [-0.39, 0.29) is 12.1 Å². The Labute approximate surface area is 102 Å². The smallest absolute Gasteiger partial charge is 0.340 e. The molecule has 0 fully saturated rings. The van der Waals surface area contributed by atoms with Gasteiger partial charge in [0.2, 0.25) is 0 Å². The Morgan fingerprint density at radius 2 is 2.18 bits per heavy atom. The monoisotopic (exact) mass is 237 g/mol. The number of benzene rings is 1. The summed E-state index contributed by atoms with van der Waals surface area (Å²) in [6.45, 7) is 4.31. The zero-order chi connectivity index (χ0) is 12.8. The molecule has 1 aromatic rings. The highest BCUT2D eigenvalue weighted by molar-refractivity contribution is 5.95. The summed E-state index contributed by atoms with van der Waals surface area (Å²) >= 11 is 0. The van der Waals surface area contributed by atoms with Crippen LogP contribution in [0.15, 0.2) is 18.2 Å². The summed E-state index contributed by atoms with van der Waals surface area (Å²) in [4.78, 5) is 11.8. The van der Waals surface area contributed by atoms with Gasteiger partial charge >= 0.3 is 5.97 Å². The molecule has 0 heterocycles. The van der Waals surface area contributed by atoms with Gasteiger partial charge in [-0.2, -0.15) is 0 Å². The number of nitrogens with two attached hydrogens (primary N) is 1. The molecule has 0 aliphatic carbocycles. The molecule has 0 bridgehead atoms. The molecule has 0 saturated heterocycles. The number of anilines is 1. The lowest BCUT2D eigenvalue weighted by atomic mass is 10.1. The van der Waals surface area contributed by atoms with Gasteiger partial charge < -0.3 is 15.2 Å². The van der Waals surface area contributed by atoms with E-state index in [2.05, 4.69) is 0 Å². The summed E-state index contributed by atoms with van der Waals surface area (Å²) in [5, 5.41) is 0. The van der Waals surface area contributed by atoms with E-state index in [1.807, 2.05) is 19.9 Å². The van der Waals surface area contributed by atoms with Crippen LogP contribution in [0.3, 0.4) is 0 Å². The number of aryl methyl sites for hydroxylation is 1. The molecule has 94 valence electrons. The third-order valence-electron chi connectivity index (χ3n) is 2.47. The van der Waals surface area contributed by atoms with E-state index in [1.165, 1.54) is 0 Å². The van der Waals surface area contributed by atoms with Crippen LogP contribution in [0.25, 0.3) is 0 Å². The van der Waals surface area contributed by atoms with Gasteiger partial charge in [-0.3, -0.25) is 0 Å². The summed E-state index contributed by atoms with van der Waals surface area (Å²) in [5.41, 5.74) is 7.59. The van der Waals surface area contributed by atoms with Crippen molar-refractivity contribution in [1.29, 1.82) is 0 Å². The Hall–Kier alpha value is -1.55. The highest BCUT2D eigenvalue weighted by Gasteiger charge is 2.14. The standard InChI is InChI=1S/C13H19NO3/c1-9-4-5-12(14)11(8-9)13(15)17-10(2)6-7-16-3/h4-5,8,10H,6-7,14H2,1-3H3. The van der Waals surface area contributed by atoms with Gasteiger partial charge in [0.1, 0.15) is 6.10 Å². The first-order chi connectivity index (χ1) is 8.04. The highest BCUT2D eigenvalue weighted by Crippen LogP contribution is 2.16. The predicted octanol–water partition coefficient (Wildman–Crippen LogP) is 2.16. The Kier molecular flexibility index (Phi) is 4.97. The fraction of sp³-hybridized carbons (Fsp3) is 0.462. The first-order valence-corrected chi connectivity index (χ1v) is 5.60. The van der Waals surface area contributed by atoms with Crippen molar-refractivity contribution in [3.05, 3.63) is 29.3 Å². The molecule has 1 rings (SSSR count). The minimum Gasteiger partial charge on any atom is -0.459 e. The van der Waals surface area contributed by atoms with Crippen molar-refractivity contribution in [2.75, 3.05) is 19.5 Å². The number of methoxy groups -OCH3 is 1. The quantitative estimate of drug-likeness (QED) is 0.629. The molecule has 1 aromatic carbocycles. The largest absolute Gasteiger partial charge is 0.459 e. The van der Waals surface area contributed by atoms with E-state index in [0.29, 0.717) is 24.3 Å². The van der Waals surface area contributed by atoms with Gasteiger partial charge in [0, 0.05) is 25.8 Å². The molecule has 0 amide bonds. The molecule has 0 aliphatic rings. The van der Waals surface area contributed by atoms with Crippen LogP contribution in [-0.4, -0.2) is 25.8 Å². The molecule has 4 heteroatoms. The Bertz CT molecular complexity index is 390. The Balaban J connectivity index is 2.66. The zero-order valence-electron chi connectivity index (χ0n) is 10.5. The molecule has 0 saturated carbocycles. The summed E-state index contributed by atoms with van der Waals surface area (Å²) < 4.78 is 10.2. The molecule has 0 aliphatic heterocycles. The van der Waals surface area contributed by atoms with Gasteiger partial charge in [0.25, 0.3) is 0 Å². The van der Waals surface area contributed by atoms with Crippen LogP contribution in [0.5, 0.6) is 0 Å². The van der Waals surface area contributed by atoms with E-state index in [9.17, 15) is 4.79 Å². The third-order valence-corrected chi connectivity index (χ3v) is 2.47. The highest BCUT2D eigenvalue weighted by atomic mass is 16.5. The molecule has 1 unspecified atom stereocenters. The Morgan fingerprint density at radius 1 is 1.47 bits per heavy atom. The fourth-order valence-corrected chi connectivity index (χ4v) is 1.44. The average molecular weight is 237 g/mol. The van der Waals surface area contributed by atoms with Crippen molar-refractivity contribution in [3.63, 3.8) is 0 Å². The van der Waals surface area contributed by atoms with Gasteiger partial charge in [0.05, 0.1) is 5.56 Å². The van der Waals surface area contributed by atoms with Crippen molar-refractivity contribution < 1.29 is 14.3 Å². The van der Waals surface area contributed by atoms with Crippen LogP contribution in [0.1, 0.15) is 29.3 Å². The maximum Gasteiger partial charge on any atom is 0.340 e. The number of carbonyl (C=O) groups excluding carboxylic acids is 1. The lowest BCUT2D eigenvalue weighted by molar-refractivity contribution is 0.0268. The van der Waals surface area contributed by atoms with Crippen LogP contribution in [0, 0.1) is 6.92 Å². The van der Waals surface area contributed by atoms with E-state index in [0.717, 1.165) is 5.56 Å². The van der Waals surface area contributed by atoms with Crippen LogP contribution in [0.4, 0.5) is 5.69 Å². The number of rotatable bonds is 5. The van der Waals surface area contributed by atoms with Crippen molar-refractivity contribution in [2.24, 2.45) is 0 Å². The number of nitrogen functional groups attached to an aromatic ring is 1. The van der Waals surface area contributed by atoms with Gasteiger partial charge in [-0.1, -0.05) is 11.6 Å². The lowest BCUT2D eigenvalue weighted by Crippen LogP contribution is -2.17. The summed E-state index contributed by atoms with van der Waals surface area (Å²) in [7, 11) is 1.62. The number of esters is 1. The summed E-state index contributed by atoms with van der Waals surface area (Å²) in [6.07, 6.45) is 0.496. The van der Waals surface area contributed by atoms with Crippen molar-refractivity contribution in [2.45, 2.75) is 26.4 Å². The molecule has 0 radical (unpaired) electrons. The van der Waals surface area contributed by atoms with Crippen molar-refractivity contribution in [1.82, 2.24) is 0 Å². The lowest BCUT2D eigenvalue weighted by Gasteiger charge is -2.13. The molecular formula is C13H19NO3. The van der Waals surface area contributed by atoms with E-state index in [1.54, 1.807) is 19.2 Å². The number of ether oxygens (including phenoxy) is 2. The van der Waals surface area contributed by atoms with Gasteiger partial charge in [-0.15, -0.1) is 0 Å². The maximum absolute atomic E-state index is 11.8. The number of hydrogen-bond acceptors (Lipinski definition) is 4. The third kappa shape index (κ3) is 4.07. The van der Waals surface area contributed by atoms with Crippen molar-refractivity contribution >= 4 is 11.7 Å². The fourth-order valence-electron chi connectivity index (χ4n) is 1.44. The molecule has 2 N–H and O–H groups in total.